The lowest BCUT2D eigenvalue weighted by Gasteiger charge is -2.30. The van der Waals surface area contributed by atoms with E-state index in [2.05, 4.69) is 16.8 Å². The molecule has 10 heteroatoms. The van der Waals surface area contributed by atoms with Crippen LogP contribution >= 0.6 is 0 Å². The number of rotatable bonds is 14. The third-order valence-corrected chi connectivity index (χ3v) is 7.46. The number of ether oxygens (including phenoxy) is 2. The van der Waals surface area contributed by atoms with Crippen molar-refractivity contribution in [2.24, 2.45) is 11.7 Å². The van der Waals surface area contributed by atoms with Gasteiger partial charge in [0, 0.05) is 50.5 Å². The van der Waals surface area contributed by atoms with Gasteiger partial charge in [-0.2, -0.15) is 0 Å². The topological polar surface area (TPSA) is 123 Å². The number of aliphatic carboxylic acids is 1. The number of unbranched alkanes of at least 4 members (excludes halogenated alkanes) is 2. The zero-order valence-electron chi connectivity index (χ0n) is 21.6. The highest BCUT2D eigenvalue weighted by Gasteiger charge is 2.47. The summed E-state index contributed by atoms with van der Waals surface area (Å²) in [5.41, 5.74) is 6.57. The molecule has 0 bridgehead atoms. The molecular formula is C27H39N5O5. The second kappa shape index (κ2) is 12.9. The Balaban J connectivity index is 1.56. The predicted octanol–water partition coefficient (Wildman–Crippen LogP) is 2.54. The molecule has 4 rings (SSSR count). The number of nitrogens with zero attached hydrogens (tertiary/aromatic N) is 4. The molecule has 0 aliphatic carbocycles. The van der Waals surface area contributed by atoms with E-state index >= 15 is 0 Å². The molecule has 3 heterocycles. The zero-order chi connectivity index (χ0) is 26.2. The van der Waals surface area contributed by atoms with Crippen molar-refractivity contribution in [2.75, 3.05) is 39.5 Å². The van der Waals surface area contributed by atoms with Crippen molar-refractivity contribution in [1.82, 2.24) is 19.4 Å². The van der Waals surface area contributed by atoms with Crippen molar-refractivity contribution in [3.8, 4) is 11.5 Å². The van der Waals surface area contributed by atoms with Gasteiger partial charge >= 0.3 is 5.97 Å². The van der Waals surface area contributed by atoms with Gasteiger partial charge in [-0.15, -0.1) is 0 Å². The number of carboxylic acids is 1. The number of carbonyl (C=O) groups is 2. The molecule has 1 aromatic carbocycles. The molecule has 0 radical (unpaired) electrons. The lowest BCUT2D eigenvalue weighted by atomic mass is 9.84. The Morgan fingerprint density at radius 3 is 2.73 bits per heavy atom. The molecule has 2 aromatic rings. The summed E-state index contributed by atoms with van der Waals surface area (Å²) < 4.78 is 13.0. The number of amides is 1. The van der Waals surface area contributed by atoms with E-state index in [0.717, 1.165) is 31.2 Å². The van der Waals surface area contributed by atoms with Crippen LogP contribution in [0.5, 0.6) is 11.5 Å². The number of hydrogen-bond acceptors (Lipinski definition) is 7. The minimum Gasteiger partial charge on any atom is -0.481 e. The lowest BCUT2D eigenvalue weighted by Crippen LogP contribution is -2.45. The van der Waals surface area contributed by atoms with Crippen molar-refractivity contribution in [1.29, 1.82) is 0 Å². The van der Waals surface area contributed by atoms with Gasteiger partial charge in [0.2, 0.25) is 12.7 Å². The third kappa shape index (κ3) is 6.61. The Kier molecular flexibility index (Phi) is 9.40. The molecule has 10 nitrogen and oxygen atoms in total. The van der Waals surface area contributed by atoms with Gasteiger partial charge in [0.05, 0.1) is 18.8 Å². The fourth-order valence-electron chi connectivity index (χ4n) is 5.47. The van der Waals surface area contributed by atoms with E-state index in [9.17, 15) is 14.7 Å². The van der Waals surface area contributed by atoms with Gasteiger partial charge < -0.3 is 29.8 Å². The highest BCUT2D eigenvalue weighted by Crippen LogP contribution is 2.42. The van der Waals surface area contributed by atoms with E-state index < -0.39 is 11.9 Å². The lowest BCUT2D eigenvalue weighted by molar-refractivity contribution is -0.144. The standard InChI is InChI=1S/C27H39N5O5/c1-2-3-11-31(12-5-4-9-28)25(33)17-32-16-21(20-6-7-23-24(15-20)37-19-36-23)26(27(34)35)22(32)8-13-30-14-10-29-18-30/h6-7,10,14-15,18,21-22,26H,2-5,8-9,11-13,16-17,19,28H2,1H3,(H,34,35). The molecule has 202 valence electrons. The van der Waals surface area contributed by atoms with Gasteiger partial charge in [0.25, 0.3) is 0 Å². The molecule has 0 saturated carbocycles. The molecule has 37 heavy (non-hydrogen) atoms. The molecule has 3 atom stereocenters. The number of carboxylic acid groups (broad SMARTS) is 1. The normalized spacial score (nSPS) is 20.9. The number of carbonyl (C=O) groups excluding carboxylic acids is 1. The van der Waals surface area contributed by atoms with Crippen molar-refractivity contribution in [3.05, 3.63) is 42.5 Å². The minimum atomic E-state index is -0.848. The van der Waals surface area contributed by atoms with Crippen LogP contribution in [0.1, 0.15) is 50.5 Å². The SMILES string of the molecule is CCCCN(CCCCN)C(=O)CN1CC(c2ccc3c(c2)OCO3)C(C(=O)O)C1CCn1ccnc1. The summed E-state index contributed by atoms with van der Waals surface area (Å²) >= 11 is 0. The summed E-state index contributed by atoms with van der Waals surface area (Å²) in [5.74, 6) is -0.419. The highest BCUT2D eigenvalue weighted by molar-refractivity contribution is 5.79. The Morgan fingerprint density at radius 2 is 2.00 bits per heavy atom. The van der Waals surface area contributed by atoms with Crippen LogP contribution in [0.15, 0.2) is 36.9 Å². The van der Waals surface area contributed by atoms with Crippen LogP contribution in [0, 0.1) is 5.92 Å². The second-order valence-corrected chi connectivity index (χ2v) is 9.90. The van der Waals surface area contributed by atoms with Crippen LogP contribution in [0.3, 0.4) is 0 Å². The summed E-state index contributed by atoms with van der Waals surface area (Å²) in [6, 6.07) is 5.36. The Morgan fingerprint density at radius 1 is 1.19 bits per heavy atom. The summed E-state index contributed by atoms with van der Waals surface area (Å²) in [6.07, 6.45) is 9.62. The van der Waals surface area contributed by atoms with E-state index in [0.29, 0.717) is 50.6 Å². The minimum absolute atomic E-state index is 0.0496. The molecule has 3 unspecified atom stereocenters. The van der Waals surface area contributed by atoms with E-state index in [-0.39, 0.29) is 31.2 Å². The quantitative estimate of drug-likeness (QED) is 0.370. The molecule has 1 saturated heterocycles. The van der Waals surface area contributed by atoms with Gasteiger partial charge in [0.15, 0.2) is 11.5 Å². The third-order valence-electron chi connectivity index (χ3n) is 7.46. The fraction of sp³-hybridized carbons (Fsp3) is 0.593. The van der Waals surface area contributed by atoms with Gasteiger partial charge in [-0.05, 0) is 49.9 Å². The van der Waals surface area contributed by atoms with E-state index in [1.165, 1.54) is 0 Å². The van der Waals surface area contributed by atoms with Crippen LogP contribution in [0.2, 0.25) is 0 Å². The first-order valence-corrected chi connectivity index (χ1v) is 13.3. The number of imidazole rings is 1. The van der Waals surface area contributed by atoms with Crippen LogP contribution < -0.4 is 15.2 Å². The Labute approximate surface area is 218 Å². The largest absolute Gasteiger partial charge is 0.481 e. The molecule has 2 aliphatic rings. The number of nitrogens with two attached hydrogens (primary N) is 1. The Hall–Kier alpha value is -3.11. The number of aryl methyl sites for hydroxylation is 1. The number of likely N-dealkylation sites (tertiary alicyclic amines) is 1. The van der Waals surface area contributed by atoms with Gasteiger partial charge in [-0.1, -0.05) is 19.4 Å². The number of benzene rings is 1. The molecule has 1 amide bonds. The first kappa shape index (κ1) is 26.9. The van der Waals surface area contributed by atoms with Crippen LogP contribution in [-0.4, -0.2) is 81.9 Å². The first-order chi connectivity index (χ1) is 18.0. The van der Waals surface area contributed by atoms with Gasteiger partial charge in [0.1, 0.15) is 0 Å². The highest BCUT2D eigenvalue weighted by atomic mass is 16.7. The molecule has 0 spiro atoms. The monoisotopic (exact) mass is 513 g/mol. The fourth-order valence-corrected chi connectivity index (χ4v) is 5.47. The van der Waals surface area contributed by atoms with Crippen LogP contribution in [-0.2, 0) is 16.1 Å². The molecule has 2 aliphatic heterocycles. The van der Waals surface area contributed by atoms with E-state index in [1.54, 1.807) is 12.5 Å². The Bertz CT molecular complexity index is 1030. The van der Waals surface area contributed by atoms with Crippen molar-refractivity contribution >= 4 is 11.9 Å². The zero-order valence-corrected chi connectivity index (χ0v) is 21.6. The number of aromatic nitrogens is 2. The summed E-state index contributed by atoms with van der Waals surface area (Å²) in [5, 5.41) is 10.4. The van der Waals surface area contributed by atoms with Gasteiger partial charge in [-0.3, -0.25) is 14.5 Å². The average Bonchev–Trinajstić information content (AvgIpc) is 3.64. The molecule has 1 aromatic heterocycles. The predicted molar refractivity (Wildman–Crippen MR) is 138 cm³/mol. The first-order valence-electron chi connectivity index (χ1n) is 13.3. The summed E-state index contributed by atoms with van der Waals surface area (Å²) in [6.45, 7) is 5.59. The second-order valence-electron chi connectivity index (χ2n) is 9.90. The number of hydrogen-bond donors (Lipinski definition) is 2. The van der Waals surface area contributed by atoms with Crippen molar-refractivity contribution in [3.63, 3.8) is 0 Å². The summed E-state index contributed by atoms with van der Waals surface area (Å²) in [4.78, 5) is 34.3. The van der Waals surface area contributed by atoms with Crippen molar-refractivity contribution in [2.45, 2.75) is 57.5 Å². The molecule has 3 N–H and O–H groups in total. The van der Waals surface area contributed by atoms with Crippen LogP contribution in [0.4, 0.5) is 0 Å². The molecule has 1 fully saturated rings. The average molecular weight is 514 g/mol. The maximum absolute atomic E-state index is 13.5. The summed E-state index contributed by atoms with van der Waals surface area (Å²) in [7, 11) is 0. The molecular weight excluding hydrogens is 474 g/mol. The van der Waals surface area contributed by atoms with Gasteiger partial charge in [-0.25, -0.2) is 4.98 Å². The maximum atomic E-state index is 13.5. The smallest absolute Gasteiger partial charge is 0.308 e. The van der Waals surface area contributed by atoms with Crippen LogP contribution in [0.25, 0.3) is 0 Å². The van der Waals surface area contributed by atoms with E-state index in [4.69, 9.17) is 15.2 Å². The number of fused-ring (bicyclic) bond motifs is 1. The van der Waals surface area contributed by atoms with Crippen molar-refractivity contribution < 1.29 is 24.2 Å². The maximum Gasteiger partial charge on any atom is 0.308 e. The van der Waals surface area contributed by atoms with E-state index in [1.807, 2.05) is 33.9 Å².